The van der Waals surface area contributed by atoms with Crippen LogP contribution in [0.2, 0.25) is 0 Å². The fraction of sp³-hybridized carbons (Fsp3) is 0.625. The third kappa shape index (κ3) is 2.66. The number of hydrogen-bond donors (Lipinski definition) is 4. The summed E-state index contributed by atoms with van der Waals surface area (Å²) in [5.41, 5.74) is 4.91. The quantitative estimate of drug-likeness (QED) is 0.407. The average molecular weight is 215 g/mol. The van der Waals surface area contributed by atoms with Crippen LogP contribution >= 0.6 is 0 Å². The van der Waals surface area contributed by atoms with Crippen LogP contribution in [0, 0.1) is 0 Å². The lowest BCUT2D eigenvalue weighted by atomic mass is 10.0. The summed E-state index contributed by atoms with van der Waals surface area (Å²) in [6, 6.07) is -1.91. The number of hydrogen-bond acceptors (Lipinski definition) is 4. The Morgan fingerprint density at radius 3 is 2.53 bits per heavy atom. The minimum absolute atomic E-state index is 0.246. The molecule has 0 radical (unpaired) electrons. The van der Waals surface area contributed by atoms with E-state index in [0.29, 0.717) is 0 Å². The summed E-state index contributed by atoms with van der Waals surface area (Å²) in [7, 11) is 0. The number of carbonyl (C=O) groups excluding carboxylic acids is 3. The molecule has 1 rings (SSSR count). The minimum atomic E-state index is -0.983. The third-order valence-electron chi connectivity index (χ3n) is 2.10. The fourth-order valence-electron chi connectivity index (χ4n) is 1.33. The predicted molar refractivity (Wildman–Crippen MR) is 49.4 cm³/mol. The van der Waals surface area contributed by atoms with E-state index in [0.717, 1.165) is 0 Å². The maximum Gasteiger partial charge on any atom is 0.245 e. The highest BCUT2D eigenvalue weighted by Gasteiger charge is 2.36. The van der Waals surface area contributed by atoms with Gasteiger partial charge in [0.2, 0.25) is 17.7 Å². The first-order chi connectivity index (χ1) is 6.91. The normalized spacial score (nSPS) is 27.9. The van der Waals surface area contributed by atoms with Gasteiger partial charge in [-0.05, 0) is 6.92 Å². The molecule has 7 nitrogen and oxygen atoms in total. The van der Waals surface area contributed by atoms with Gasteiger partial charge in [0.15, 0.2) is 0 Å². The van der Waals surface area contributed by atoms with E-state index in [2.05, 4.69) is 10.6 Å². The number of amides is 3. The van der Waals surface area contributed by atoms with Crippen molar-refractivity contribution in [2.45, 2.75) is 31.5 Å². The number of aliphatic hydroxyl groups excluding tert-OH is 1. The van der Waals surface area contributed by atoms with Gasteiger partial charge in [-0.2, -0.15) is 0 Å². The molecule has 7 heteroatoms. The highest BCUT2D eigenvalue weighted by Crippen LogP contribution is 2.04. The van der Waals surface area contributed by atoms with Crippen molar-refractivity contribution >= 4 is 17.7 Å². The number of aliphatic hydroxyl groups is 1. The molecule has 1 saturated heterocycles. The largest absolute Gasteiger partial charge is 0.391 e. The molecule has 5 N–H and O–H groups in total. The number of carbonyl (C=O) groups is 3. The Hall–Kier alpha value is -1.63. The van der Waals surface area contributed by atoms with Crippen LogP contribution in [-0.2, 0) is 14.4 Å². The molecule has 0 aromatic carbocycles. The van der Waals surface area contributed by atoms with Crippen molar-refractivity contribution in [3.63, 3.8) is 0 Å². The molecule has 0 spiro atoms. The molecule has 0 saturated carbocycles. The maximum atomic E-state index is 11.3. The van der Waals surface area contributed by atoms with Crippen LogP contribution in [0.25, 0.3) is 0 Å². The Morgan fingerprint density at radius 1 is 1.47 bits per heavy atom. The second kappa shape index (κ2) is 4.26. The van der Waals surface area contributed by atoms with Crippen molar-refractivity contribution < 1.29 is 19.5 Å². The second-order valence-electron chi connectivity index (χ2n) is 3.46. The van der Waals surface area contributed by atoms with Gasteiger partial charge in [-0.25, -0.2) is 0 Å². The van der Waals surface area contributed by atoms with E-state index in [4.69, 9.17) is 10.8 Å². The Labute approximate surface area is 86.0 Å². The molecule has 1 aliphatic heterocycles. The van der Waals surface area contributed by atoms with Gasteiger partial charge in [0.25, 0.3) is 0 Å². The van der Waals surface area contributed by atoms with Crippen molar-refractivity contribution in [2.24, 2.45) is 5.73 Å². The first kappa shape index (κ1) is 11.4. The molecule has 3 amide bonds. The van der Waals surface area contributed by atoms with Gasteiger partial charge in [-0.15, -0.1) is 0 Å². The van der Waals surface area contributed by atoms with Crippen molar-refractivity contribution in [2.75, 3.05) is 0 Å². The van der Waals surface area contributed by atoms with Gasteiger partial charge in [0.1, 0.15) is 12.1 Å². The van der Waals surface area contributed by atoms with E-state index in [1.54, 1.807) is 0 Å². The number of rotatable bonds is 3. The Kier molecular flexibility index (Phi) is 3.25. The summed E-state index contributed by atoms with van der Waals surface area (Å²) in [6.45, 7) is 1.39. The molecule has 0 aromatic rings. The molecule has 0 aliphatic carbocycles. The second-order valence-corrected chi connectivity index (χ2v) is 3.46. The summed E-state index contributed by atoms with van der Waals surface area (Å²) in [5, 5.41) is 13.8. The van der Waals surface area contributed by atoms with Crippen LogP contribution < -0.4 is 16.4 Å². The molecule has 0 bridgehead atoms. The zero-order chi connectivity index (χ0) is 11.6. The number of primary amides is 1. The number of piperazine rings is 1. The lowest BCUT2D eigenvalue weighted by molar-refractivity contribution is -0.140. The van der Waals surface area contributed by atoms with Crippen molar-refractivity contribution in [3.8, 4) is 0 Å². The van der Waals surface area contributed by atoms with E-state index >= 15 is 0 Å². The van der Waals surface area contributed by atoms with Crippen molar-refractivity contribution in [1.29, 1.82) is 0 Å². The minimum Gasteiger partial charge on any atom is -0.391 e. The van der Waals surface area contributed by atoms with Gasteiger partial charge in [0.05, 0.1) is 12.5 Å². The molecule has 0 aromatic heterocycles. The summed E-state index contributed by atoms with van der Waals surface area (Å²) in [6.07, 6.45) is -1.23. The Balaban J connectivity index is 2.67. The monoisotopic (exact) mass is 215 g/mol. The molecule has 3 atom stereocenters. The highest BCUT2D eigenvalue weighted by molar-refractivity contribution is 5.99. The van der Waals surface area contributed by atoms with Crippen LogP contribution in [0.5, 0.6) is 0 Å². The number of nitrogens with one attached hydrogen (secondary N) is 2. The summed E-state index contributed by atoms with van der Waals surface area (Å²) >= 11 is 0. The molecule has 1 aliphatic rings. The smallest absolute Gasteiger partial charge is 0.245 e. The van der Waals surface area contributed by atoms with Gasteiger partial charge >= 0.3 is 0 Å². The van der Waals surface area contributed by atoms with E-state index in [9.17, 15) is 14.4 Å². The Bertz CT molecular complexity index is 302. The van der Waals surface area contributed by atoms with Crippen LogP contribution in [-0.4, -0.2) is 41.0 Å². The number of nitrogens with two attached hydrogens (primary N) is 1. The summed E-state index contributed by atoms with van der Waals surface area (Å²) < 4.78 is 0. The molecular weight excluding hydrogens is 202 g/mol. The lowest BCUT2D eigenvalue weighted by Gasteiger charge is -2.30. The zero-order valence-electron chi connectivity index (χ0n) is 8.19. The molecule has 1 fully saturated rings. The first-order valence-electron chi connectivity index (χ1n) is 4.49. The molecule has 0 unspecified atom stereocenters. The van der Waals surface area contributed by atoms with Gasteiger partial charge in [0, 0.05) is 0 Å². The Morgan fingerprint density at radius 2 is 2.07 bits per heavy atom. The SMILES string of the molecule is C[C@H](O)[C@@H]1NC(=O)[C@H](CC(N)=O)NC1=O. The van der Waals surface area contributed by atoms with E-state index in [1.165, 1.54) is 6.92 Å². The van der Waals surface area contributed by atoms with Gasteiger partial charge < -0.3 is 21.5 Å². The van der Waals surface area contributed by atoms with E-state index in [-0.39, 0.29) is 6.42 Å². The van der Waals surface area contributed by atoms with Gasteiger partial charge in [-0.1, -0.05) is 0 Å². The van der Waals surface area contributed by atoms with Crippen molar-refractivity contribution in [3.05, 3.63) is 0 Å². The van der Waals surface area contributed by atoms with E-state index < -0.39 is 35.9 Å². The molecule has 15 heavy (non-hydrogen) atoms. The topological polar surface area (TPSA) is 122 Å². The molecular formula is C8H13N3O4. The van der Waals surface area contributed by atoms with Gasteiger partial charge in [-0.3, -0.25) is 14.4 Å². The van der Waals surface area contributed by atoms with Crippen LogP contribution in [0.15, 0.2) is 0 Å². The summed E-state index contributed by atoms with van der Waals surface area (Å²) in [4.78, 5) is 33.3. The van der Waals surface area contributed by atoms with E-state index in [1.807, 2.05) is 0 Å². The molecule has 1 heterocycles. The van der Waals surface area contributed by atoms with Crippen LogP contribution in [0.1, 0.15) is 13.3 Å². The zero-order valence-corrected chi connectivity index (χ0v) is 8.19. The standard InChI is InChI=1S/C8H13N3O4/c1-3(12)6-8(15)10-4(2-5(9)13)7(14)11-6/h3-4,6,12H,2H2,1H3,(H2,9,13)(H,10,15)(H,11,14)/t3-,4-,6-/m0/s1. The third-order valence-corrected chi connectivity index (χ3v) is 2.10. The first-order valence-corrected chi connectivity index (χ1v) is 4.49. The highest BCUT2D eigenvalue weighted by atomic mass is 16.3. The predicted octanol–water partition coefficient (Wildman–Crippen LogP) is -2.77. The molecule has 84 valence electrons. The fourth-order valence-corrected chi connectivity index (χ4v) is 1.33. The average Bonchev–Trinajstić information content (AvgIpc) is 2.09. The van der Waals surface area contributed by atoms with Crippen molar-refractivity contribution in [1.82, 2.24) is 10.6 Å². The maximum absolute atomic E-state index is 11.3. The van der Waals surface area contributed by atoms with Crippen LogP contribution in [0.4, 0.5) is 0 Å². The summed E-state index contributed by atoms with van der Waals surface area (Å²) in [5.74, 6) is -1.71. The van der Waals surface area contributed by atoms with Crippen LogP contribution in [0.3, 0.4) is 0 Å². The lowest BCUT2D eigenvalue weighted by Crippen LogP contribution is -2.65.